The maximum Gasteiger partial charge on any atom is 0.271 e. The zero-order valence-corrected chi connectivity index (χ0v) is 13.6. The molecule has 1 fully saturated rings. The second-order valence-electron chi connectivity index (χ2n) is 5.51. The summed E-state index contributed by atoms with van der Waals surface area (Å²) in [4.78, 5) is 18.8. The van der Waals surface area contributed by atoms with Gasteiger partial charge in [-0.15, -0.1) is 0 Å². The second kappa shape index (κ2) is 7.09. The number of likely N-dealkylation sites (N-methyl/N-ethyl adjacent to an activating group) is 1. The number of rotatable bonds is 7. The molecule has 1 unspecified atom stereocenters. The summed E-state index contributed by atoms with van der Waals surface area (Å²) >= 11 is 6.07. The summed E-state index contributed by atoms with van der Waals surface area (Å²) in [7, 11) is 2.10. The Hall–Kier alpha value is -1.33. The molecule has 0 spiro atoms. The van der Waals surface area contributed by atoms with E-state index in [1.54, 1.807) is 12.1 Å². The average molecular weight is 311 g/mol. The van der Waals surface area contributed by atoms with Crippen LogP contribution in [0.2, 0.25) is 5.02 Å². The Kier molecular flexibility index (Phi) is 5.42. The van der Waals surface area contributed by atoms with Crippen LogP contribution in [0.4, 0.5) is 5.82 Å². The summed E-state index contributed by atoms with van der Waals surface area (Å²) in [5.41, 5.74) is 0.274. The minimum absolute atomic E-state index is 0.226. The van der Waals surface area contributed by atoms with Crippen molar-refractivity contribution in [2.24, 2.45) is 0 Å². The largest absolute Gasteiger partial charge is 0.370 e. The highest BCUT2D eigenvalue weighted by Gasteiger charge is 2.29. The van der Waals surface area contributed by atoms with Crippen LogP contribution in [-0.4, -0.2) is 48.0 Å². The number of hydrogen-bond acceptors (Lipinski definition) is 4. The summed E-state index contributed by atoms with van der Waals surface area (Å²) in [5, 5.41) is 6.37. The van der Waals surface area contributed by atoms with E-state index in [2.05, 4.69) is 34.5 Å². The lowest BCUT2D eigenvalue weighted by molar-refractivity contribution is 0.0935. The van der Waals surface area contributed by atoms with Gasteiger partial charge < -0.3 is 10.6 Å². The van der Waals surface area contributed by atoms with E-state index < -0.39 is 0 Å². The molecule has 0 bridgehead atoms. The lowest BCUT2D eigenvalue weighted by atomic mass is 10.2. The molecule has 0 aliphatic heterocycles. The SMILES string of the molecule is CCNc1ccc(Cl)c(C(=O)NCC(C)N(C)C2CC2)n1. The van der Waals surface area contributed by atoms with Gasteiger partial charge in [-0.3, -0.25) is 9.69 Å². The van der Waals surface area contributed by atoms with E-state index in [1.807, 2.05) is 6.92 Å². The number of carbonyl (C=O) groups is 1. The zero-order chi connectivity index (χ0) is 15.4. The third-order valence-corrected chi connectivity index (χ3v) is 4.10. The number of pyridine rings is 1. The number of hydrogen-bond donors (Lipinski definition) is 2. The number of anilines is 1. The molecule has 1 atom stereocenters. The lowest BCUT2D eigenvalue weighted by Crippen LogP contribution is -2.41. The highest BCUT2D eigenvalue weighted by molar-refractivity contribution is 6.33. The van der Waals surface area contributed by atoms with E-state index in [9.17, 15) is 4.79 Å². The number of halogens is 1. The van der Waals surface area contributed by atoms with Crippen molar-refractivity contribution in [3.8, 4) is 0 Å². The molecule has 1 aliphatic carbocycles. The molecule has 1 amide bonds. The van der Waals surface area contributed by atoms with E-state index in [1.165, 1.54) is 12.8 Å². The third kappa shape index (κ3) is 4.32. The number of amides is 1. The summed E-state index contributed by atoms with van der Waals surface area (Å²) in [6, 6.07) is 4.45. The molecular weight excluding hydrogens is 288 g/mol. The minimum atomic E-state index is -0.226. The fourth-order valence-electron chi connectivity index (χ4n) is 2.19. The van der Waals surface area contributed by atoms with E-state index in [4.69, 9.17) is 11.6 Å². The van der Waals surface area contributed by atoms with Crippen LogP contribution in [0.5, 0.6) is 0 Å². The van der Waals surface area contributed by atoms with Gasteiger partial charge in [0, 0.05) is 25.2 Å². The first-order valence-corrected chi connectivity index (χ1v) is 7.81. The summed E-state index contributed by atoms with van der Waals surface area (Å²) in [5.74, 6) is 0.436. The Balaban J connectivity index is 1.94. The summed E-state index contributed by atoms with van der Waals surface area (Å²) in [6.45, 7) is 5.43. The third-order valence-electron chi connectivity index (χ3n) is 3.80. The van der Waals surface area contributed by atoms with Gasteiger partial charge in [0.15, 0.2) is 0 Å². The summed E-state index contributed by atoms with van der Waals surface area (Å²) < 4.78 is 0. The molecule has 2 N–H and O–H groups in total. The Morgan fingerprint density at radius 2 is 2.24 bits per heavy atom. The number of aromatic nitrogens is 1. The highest BCUT2D eigenvalue weighted by Crippen LogP contribution is 2.26. The quantitative estimate of drug-likeness (QED) is 0.812. The molecule has 6 heteroatoms. The van der Waals surface area contributed by atoms with Gasteiger partial charge in [0.05, 0.1) is 5.02 Å². The first-order valence-electron chi connectivity index (χ1n) is 7.43. The van der Waals surface area contributed by atoms with Gasteiger partial charge in [0.1, 0.15) is 11.5 Å². The van der Waals surface area contributed by atoms with Crippen molar-refractivity contribution in [3.05, 3.63) is 22.8 Å². The Labute approximate surface area is 131 Å². The maximum absolute atomic E-state index is 12.2. The molecule has 1 aromatic heterocycles. The first-order chi connectivity index (χ1) is 10.0. The van der Waals surface area contributed by atoms with Gasteiger partial charge >= 0.3 is 0 Å². The van der Waals surface area contributed by atoms with Crippen LogP contribution < -0.4 is 10.6 Å². The standard InChI is InChI=1S/C15H23ClN4O/c1-4-17-13-8-7-12(16)14(19-13)15(21)18-9-10(2)20(3)11-5-6-11/h7-8,10-11H,4-6,9H2,1-3H3,(H,17,19)(H,18,21). The van der Waals surface area contributed by atoms with Crippen molar-refractivity contribution in [2.45, 2.75) is 38.8 Å². The van der Waals surface area contributed by atoms with Crippen LogP contribution in [0.1, 0.15) is 37.2 Å². The molecule has 0 saturated heterocycles. The van der Waals surface area contributed by atoms with Crippen LogP contribution in [0, 0.1) is 0 Å². The first kappa shape index (κ1) is 16.0. The van der Waals surface area contributed by atoms with Gasteiger partial charge in [0.25, 0.3) is 5.91 Å². The van der Waals surface area contributed by atoms with E-state index in [0.717, 1.165) is 6.54 Å². The van der Waals surface area contributed by atoms with Crippen molar-refractivity contribution in [2.75, 3.05) is 25.5 Å². The molecule has 116 valence electrons. The lowest BCUT2D eigenvalue weighted by Gasteiger charge is -2.24. The normalized spacial score (nSPS) is 15.9. The molecule has 21 heavy (non-hydrogen) atoms. The van der Waals surface area contributed by atoms with Crippen molar-refractivity contribution in [3.63, 3.8) is 0 Å². The van der Waals surface area contributed by atoms with Gasteiger partial charge in [-0.25, -0.2) is 4.98 Å². The van der Waals surface area contributed by atoms with Gasteiger partial charge in [-0.05, 0) is 45.9 Å². The smallest absolute Gasteiger partial charge is 0.271 e. The van der Waals surface area contributed by atoms with Gasteiger partial charge in [-0.1, -0.05) is 11.6 Å². The van der Waals surface area contributed by atoms with E-state index in [0.29, 0.717) is 29.5 Å². The fraction of sp³-hybridized carbons (Fsp3) is 0.600. The van der Waals surface area contributed by atoms with Gasteiger partial charge in [0.2, 0.25) is 0 Å². The van der Waals surface area contributed by atoms with Crippen LogP contribution >= 0.6 is 11.6 Å². The number of nitrogens with one attached hydrogen (secondary N) is 2. The minimum Gasteiger partial charge on any atom is -0.370 e. The molecular formula is C15H23ClN4O. The van der Waals surface area contributed by atoms with Crippen LogP contribution in [0.15, 0.2) is 12.1 Å². The molecule has 1 aromatic rings. The Morgan fingerprint density at radius 3 is 2.86 bits per heavy atom. The van der Waals surface area contributed by atoms with Crippen LogP contribution in [0.3, 0.4) is 0 Å². The molecule has 1 heterocycles. The zero-order valence-electron chi connectivity index (χ0n) is 12.8. The molecule has 0 radical (unpaired) electrons. The number of nitrogens with zero attached hydrogens (tertiary/aromatic N) is 2. The predicted molar refractivity (Wildman–Crippen MR) is 86.0 cm³/mol. The maximum atomic E-state index is 12.2. The van der Waals surface area contributed by atoms with E-state index in [-0.39, 0.29) is 11.6 Å². The number of carbonyl (C=O) groups excluding carboxylic acids is 1. The molecule has 5 nitrogen and oxygen atoms in total. The van der Waals surface area contributed by atoms with Crippen molar-refractivity contribution < 1.29 is 4.79 Å². The average Bonchev–Trinajstić information content (AvgIpc) is 3.30. The monoisotopic (exact) mass is 310 g/mol. The van der Waals surface area contributed by atoms with Crippen molar-refractivity contribution in [1.82, 2.24) is 15.2 Å². The van der Waals surface area contributed by atoms with Crippen molar-refractivity contribution >= 4 is 23.3 Å². The molecule has 0 aromatic carbocycles. The predicted octanol–water partition coefficient (Wildman–Crippen LogP) is 2.38. The topological polar surface area (TPSA) is 57.3 Å². The highest BCUT2D eigenvalue weighted by atomic mass is 35.5. The van der Waals surface area contributed by atoms with Gasteiger partial charge in [-0.2, -0.15) is 0 Å². The fourth-order valence-corrected chi connectivity index (χ4v) is 2.38. The van der Waals surface area contributed by atoms with Crippen molar-refractivity contribution in [1.29, 1.82) is 0 Å². The van der Waals surface area contributed by atoms with E-state index >= 15 is 0 Å². The molecule has 2 rings (SSSR count). The van der Waals surface area contributed by atoms with Crippen LogP contribution in [0.25, 0.3) is 0 Å². The second-order valence-corrected chi connectivity index (χ2v) is 5.92. The Morgan fingerprint density at radius 1 is 1.52 bits per heavy atom. The summed E-state index contributed by atoms with van der Waals surface area (Å²) in [6.07, 6.45) is 2.51. The molecule has 1 aliphatic rings. The molecule has 1 saturated carbocycles. The van der Waals surface area contributed by atoms with Crippen LogP contribution in [-0.2, 0) is 0 Å². The Bertz CT molecular complexity index is 504.